The number of fused-ring (bicyclic) bond motifs is 1. The standard InChI is InChI=1S/C20H22FNO/c1-14(2)15-9-11-17(12-10-15)22-19(23)20(21)13-5-7-16-6-3-4-8-18(16)20/h3-4,6,8-12,14H,5,7,13H2,1-2H3,(H,22,23). The number of carbonyl (C=O) groups excluding carboxylic acids is 1. The van der Waals surface area contributed by atoms with Crippen LogP contribution in [0, 0.1) is 0 Å². The van der Waals surface area contributed by atoms with Crippen LogP contribution < -0.4 is 5.32 Å². The van der Waals surface area contributed by atoms with Crippen LogP contribution in [0.1, 0.15) is 49.3 Å². The Morgan fingerprint density at radius 1 is 1.13 bits per heavy atom. The summed E-state index contributed by atoms with van der Waals surface area (Å²) in [6, 6.07) is 15.0. The SMILES string of the molecule is CC(C)c1ccc(NC(=O)C2(F)CCCc3ccccc32)cc1. The number of alkyl halides is 1. The van der Waals surface area contributed by atoms with Crippen LogP contribution in [0.25, 0.3) is 0 Å². The predicted octanol–water partition coefficient (Wildman–Crippen LogP) is 4.95. The maximum absolute atomic E-state index is 15.4. The van der Waals surface area contributed by atoms with Crippen molar-refractivity contribution in [2.45, 2.75) is 44.7 Å². The van der Waals surface area contributed by atoms with Crippen molar-refractivity contribution in [1.82, 2.24) is 0 Å². The molecule has 1 aliphatic carbocycles. The topological polar surface area (TPSA) is 29.1 Å². The number of hydrogen-bond donors (Lipinski definition) is 1. The van der Waals surface area contributed by atoms with Crippen molar-refractivity contribution < 1.29 is 9.18 Å². The Kier molecular flexibility index (Phi) is 4.20. The first-order valence-electron chi connectivity index (χ1n) is 8.19. The lowest BCUT2D eigenvalue weighted by Gasteiger charge is -2.30. The summed E-state index contributed by atoms with van der Waals surface area (Å²) in [5.41, 5.74) is 1.35. The molecule has 120 valence electrons. The Labute approximate surface area is 136 Å². The first kappa shape index (κ1) is 15.7. The molecular formula is C20H22FNO. The van der Waals surface area contributed by atoms with Gasteiger partial charge in [-0.05, 0) is 48.4 Å². The van der Waals surface area contributed by atoms with Crippen LogP contribution in [-0.2, 0) is 16.9 Å². The Morgan fingerprint density at radius 3 is 2.52 bits per heavy atom. The van der Waals surface area contributed by atoms with Crippen LogP contribution in [0.2, 0.25) is 0 Å². The van der Waals surface area contributed by atoms with Crippen LogP contribution in [0.15, 0.2) is 48.5 Å². The summed E-state index contributed by atoms with van der Waals surface area (Å²) in [5, 5.41) is 2.75. The van der Waals surface area contributed by atoms with Gasteiger partial charge in [-0.15, -0.1) is 0 Å². The normalized spacial score (nSPS) is 20.2. The number of anilines is 1. The van der Waals surface area contributed by atoms with Gasteiger partial charge in [0.2, 0.25) is 5.67 Å². The molecule has 0 radical (unpaired) electrons. The maximum Gasteiger partial charge on any atom is 0.266 e. The predicted molar refractivity (Wildman–Crippen MR) is 91.3 cm³/mol. The minimum atomic E-state index is -1.94. The Balaban J connectivity index is 1.83. The number of benzene rings is 2. The number of halogens is 1. The van der Waals surface area contributed by atoms with Gasteiger partial charge in [-0.3, -0.25) is 4.79 Å². The third-order valence-electron chi connectivity index (χ3n) is 4.61. The molecule has 1 N–H and O–H groups in total. The second kappa shape index (κ2) is 6.15. The molecule has 1 unspecified atom stereocenters. The van der Waals surface area contributed by atoms with Crippen molar-refractivity contribution in [3.05, 3.63) is 65.2 Å². The summed E-state index contributed by atoms with van der Waals surface area (Å²) >= 11 is 0. The molecule has 3 rings (SSSR count). The van der Waals surface area contributed by atoms with E-state index in [0.717, 1.165) is 12.0 Å². The minimum absolute atomic E-state index is 0.236. The van der Waals surface area contributed by atoms with Gasteiger partial charge in [0, 0.05) is 11.3 Å². The third kappa shape index (κ3) is 3.00. The number of aryl methyl sites for hydroxylation is 1. The molecule has 2 aromatic carbocycles. The molecule has 0 bridgehead atoms. The van der Waals surface area contributed by atoms with Crippen molar-refractivity contribution in [2.75, 3.05) is 5.32 Å². The zero-order valence-electron chi connectivity index (χ0n) is 13.6. The minimum Gasteiger partial charge on any atom is -0.323 e. The average Bonchev–Trinajstić information content (AvgIpc) is 2.56. The van der Waals surface area contributed by atoms with E-state index in [1.54, 1.807) is 12.1 Å². The zero-order chi connectivity index (χ0) is 16.4. The number of nitrogens with one attached hydrogen (secondary N) is 1. The van der Waals surface area contributed by atoms with E-state index in [1.807, 2.05) is 36.4 Å². The molecule has 0 heterocycles. The summed E-state index contributed by atoms with van der Waals surface area (Å²) in [7, 11) is 0. The number of carbonyl (C=O) groups is 1. The van der Waals surface area contributed by atoms with Gasteiger partial charge in [0.1, 0.15) is 0 Å². The van der Waals surface area contributed by atoms with E-state index in [0.29, 0.717) is 23.6 Å². The molecule has 0 fully saturated rings. The summed E-state index contributed by atoms with van der Waals surface area (Å²) in [6.07, 6.45) is 1.76. The van der Waals surface area contributed by atoms with Gasteiger partial charge in [-0.2, -0.15) is 0 Å². The first-order valence-corrected chi connectivity index (χ1v) is 8.19. The molecule has 0 saturated heterocycles. The average molecular weight is 311 g/mol. The lowest BCUT2D eigenvalue weighted by atomic mass is 9.80. The van der Waals surface area contributed by atoms with Crippen molar-refractivity contribution in [3.63, 3.8) is 0 Å². The van der Waals surface area contributed by atoms with Crippen LogP contribution in [0.5, 0.6) is 0 Å². The molecule has 2 aromatic rings. The Morgan fingerprint density at radius 2 is 1.83 bits per heavy atom. The highest BCUT2D eigenvalue weighted by molar-refractivity contribution is 5.98. The van der Waals surface area contributed by atoms with Gasteiger partial charge in [0.25, 0.3) is 5.91 Å². The van der Waals surface area contributed by atoms with E-state index in [2.05, 4.69) is 19.2 Å². The summed E-state index contributed by atoms with van der Waals surface area (Å²) in [6.45, 7) is 4.23. The third-order valence-corrected chi connectivity index (χ3v) is 4.61. The fourth-order valence-electron chi connectivity index (χ4n) is 3.20. The lowest BCUT2D eigenvalue weighted by molar-refractivity contribution is -0.129. The smallest absolute Gasteiger partial charge is 0.266 e. The summed E-state index contributed by atoms with van der Waals surface area (Å²) < 4.78 is 15.4. The number of hydrogen-bond acceptors (Lipinski definition) is 1. The fraction of sp³-hybridized carbons (Fsp3) is 0.350. The van der Waals surface area contributed by atoms with E-state index in [4.69, 9.17) is 0 Å². The van der Waals surface area contributed by atoms with E-state index < -0.39 is 11.6 Å². The second-order valence-electron chi connectivity index (χ2n) is 6.54. The van der Waals surface area contributed by atoms with Crippen LogP contribution in [-0.4, -0.2) is 5.91 Å². The molecular weight excluding hydrogens is 289 g/mol. The summed E-state index contributed by atoms with van der Waals surface area (Å²) in [4.78, 5) is 12.6. The van der Waals surface area contributed by atoms with Crippen molar-refractivity contribution in [1.29, 1.82) is 0 Å². The van der Waals surface area contributed by atoms with Gasteiger partial charge >= 0.3 is 0 Å². The molecule has 3 heteroatoms. The van der Waals surface area contributed by atoms with Crippen LogP contribution >= 0.6 is 0 Å². The van der Waals surface area contributed by atoms with Gasteiger partial charge in [-0.1, -0.05) is 50.2 Å². The highest BCUT2D eigenvalue weighted by atomic mass is 19.1. The molecule has 2 nitrogen and oxygen atoms in total. The van der Waals surface area contributed by atoms with Crippen molar-refractivity contribution in [3.8, 4) is 0 Å². The molecule has 1 amide bonds. The number of rotatable bonds is 3. The Hall–Kier alpha value is -2.16. The van der Waals surface area contributed by atoms with Crippen LogP contribution in [0.4, 0.5) is 10.1 Å². The second-order valence-corrected chi connectivity index (χ2v) is 6.54. The monoisotopic (exact) mass is 311 g/mol. The molecule has 1 aliphatic rings. The van der Waals surface area contributed by atoms with E-state index >= 15 is 4.39 Å². The zero-order valence-corrected chi connectivity index (χ0v) is 13.6. The van der Waals surface area contributed by atoms with E-state index in [9.17, 15) is 4.79 Å². The van der Waals surface area contributed by atoms with Crippen molar-refractivity contribution >= 4 is 11.6 Å². The largest absolute Gasteiger partial charge is 0.323 e. The molecule has 0 saturated carbocycles. The van der Waals surface area contributed by atoms with E-state index in [1.165, 1.54) is 5.56 Å². The molecule has 0 aromatic heterocycles. The highest BCUT2D eigenvalue weighted by Gasteiger charge is 2.43. The maximum atomic E-state index is 15.4. The quantitative estimate of drug-likeness (QED) is 0.853. The van der Waals surface area contributed by atoms with Gasteiger partial charge in [0.05, 0.1) is 0 Å². The summed E-state index contributed by atoms with van der Waals surface area (Å²) in [5.74, 6) is -0.139. The van der Waals surface area contributed by atoms with Gasteiger partial charge in [0.15, 0.2) is 0 Å². The van der Waals surface area contributed by atoms with Gasteiger partial charge in [-0.25, -0.2) is 4.39 Å². The van der Waals surface area contributed by atoms with Gasteiger partial charge < -0.3 is 5.32 Å². The first-order chi connectivity index (χ1) is 11.0. The molecule has 23 heavy (non-hydrogen) atoms. The lowest BCUT2D eigenvalue weighted by Crippen LogP contribution is -2.39. The number of amides is 1. The molecule has 0 spiro atoms. The molecule has 1 atom stereocenters. The molecule has 0 aliphatic heterocycles. The highest BCUT2D eigenvalue weighted by Crippen LogP contribution is 2.39. The Bertz CT molecular complexity index is 708. The van der Waals surface area contributed by atoms with E-state index in [-0.39, 0.29) is 6.42 Å². The fourth-order valence-corrected chi connectivity index (χ4v) is 3.20. The van der Waals surface area contributed by atoms with Crippen LogP contribution in [0.3, 0.4) is 0 Å². The van der Waals surface area contributed by atoms with Crippen molar-refractivity contribution in [2.24, 2.45) is 0 Å².